The van der Waals surface area contributed by atoms with Gasteiger partial charge in [0, 0.05) is 25.0 Å². The van der Waals surface area contributed by atoms with E-state index >= 15 is 0 Å². The van der Waals surface area contributed by atoms with Gasteiger partial charge in [-0.1, -0.05) is 23.2 Å². The Kier molecular flexibility index (Phi) is 8.94. The lowest BCUT2D eigenvalue weighted by Crippen LogP contribution is -2.36. The summed E-state index contributed by atoms with van der Waals surface area (Å²) in [6.45, 7) is -1.46. The first-order chi connectivity index (χ1) is 18.6. The van der Waals surface area contributed by atoms with Crippen LogP contribution in [0.1, 0.15) is 63.7 Å². The monoisotopic (exact) mass is 580 g/mol. The summed E-state index contributed by atoms with van der Waals surface area (Å²) < 4.78 is 29.3. The molecule has 0 bridgehead atoms. The van der Waals surface area contributed by atoms with E-state index in [4.69, 9.17) is 23.2 Å². The molecule has 0 atom stereocenters. The number of aromatic nitrogens is 3. The highest BCUT2D eigenvalue weighted by Crippen LogP contribution is 2.34. The molecule has 0 unspecified atom stereocenters. The predicted molar refractivity (Wildman–Crippen MR) is 136 cm³/mol. The second kappa shape index (κ2) is 12.2. The molecule has 2 N–H and O–H groups in total. The lowest BCUT2D eigenvalue weighted by molar-refractivity contribution is -0.143. The molecule has 206 valence electrons. The van der Waals surface area contributed by atoms with Crippen LogP contribution >= 0.6 is 23.2 Å². The van der Waals surface area contributed by atoms with Crippen molar-refractivity contribution in [2.75, 3.05) is 6.54 Å². The van der Waals surface area contributed by atoms with Crippen molar-refractivity contribution in [3.05, 3.63) is 80.9 Å². The number of benzene rings is 1. The Morgan fingerprint density at radius 3 is 2.18 bits per heavy atom. The van der Waals surface area contributed by atoms with Crippen LogP contribution < -0.4 is 0 Å². The zero-order chi connectivity index (χ0) is 28.3. The molecule has 0 spiro atoms. The molecular weight excluding hydrogens is 557 g/mol. The largest absolute Gasteiger partial charge is 0.481 e. The van der Waals surface area contributed by atoms with Crippen molar-refractivity contribution >= 4 is 40.9 Å². The fraction of sp³-hybridized carbons (Fsp3) is 0.346. The van der Waals surface area contributed by atoms with Crippen molar-refractivity contribution in [2.45, 2.75) is 44.9 Å². The number of aliphatic hydroxyl groups is 1. The predicted octanol–water partition coefficient (Wildman–Crippen LogP) is 4.70. The third kappa shape index (κ3) is 6.43. The number of carboxylic acid groups (broad SMARTS) is 1. The number of aliphatic hydroxyl groups excluding tert-OH is 1. The first kappa shape index (κ1) is 28.6. The molecule has 39 heavy (non-hydrogen) atoms. The zero-order valence-corrected chi connectivity index (χ0v) is 22.0. The van der Waals surface area contributed by atoms with Gasteiger partial charge in [-0.25, -0.2) is 8.78 Å². The Morgan fingerprint density at radius 1 is 1.00 bits per heavy atom. The fourth-order valence-electron chi connectivity index (χ4n) is 4.83. The highest BCUT2D eigenvalue weighted by atomic mass is 35.5. The smallest absolute Gasteiger partial charge is 0.306 e. The van der Waals surface area contributed by atoms with E-state index in [2.05, 4.69) is 10.1 Å². The summed E-state index contributed by atoms with van der Waals surface area (Å²) in [5.41, 5.74) is 0.200. The number of amides is 1. The molecule has 0 saturated heterocycles. The number of carbonyl (C=O) groups excluding carboxylic acids is 2. The number of nitrogens with zero attached hydrogens (tertiary/aromatic N) is 4. The molecule has 1 aliphatic rings. The van der Waals surface area contributed by atoms with E-state index in [-0.39, 0.29) is 45.0 Å². The van der Waals surface area contributed by atoms with Gasteiger partial charge in [-0.2, -0.15) is 5.10 Å². The van der Waals surface area contributed by atoms with Crippen molar-refractivity contribution in [3.8, 4) is 0 Å². The molecule has 3 aromatic rings. The van der Waals surface area contributed by atoms with Gasteiger partial charge in [-0.15, -0.1) is 0 Å². The minimum atomic E-state index is -0.865. The van der Waals surface area contributed by atoms with Crippen LogP contribution in [0.15, 0.2) is 36.8 Å². The summed E-state index contributed by atoms with van der Waals surface area (Å²) >= 11 is 12.2. The van der Waals surface area contributed by atoms with Gasteiger partial charge >= 0.3 is 5.97 Å². The van der Waals surface area contributed by atoms with Crippen LogP contribution in [0, 0.1) is 17.6 Å². The van der Waals surface area contributed by atoms with Crippen LogP contribution in [0.2, 0.25) is 10.0 Å². The Bertz CT molecular complexity index is 1370. The van der Waals surface area contributed by atoms with Gasteiger partial charge in [0.05, 0.1) is 58.2 Å². The molecule has 1 aromatic carbocycles. The maximum absolute atomic E-state index is 13.9. The topological polar surface area (TPSA) is 126 Å². The van der Waals surface area contributed by atoms with Crippen LogP contribution in [0.3, 0.4) is 0 Å². The maximum Gasteiger partial charge on any atom is 0.306 e. The van der Waals surface area contributed by atoms with Crippen molar-refractivity contribution in [3.63, 3.8) is 0 Å². The Morgan fingerprint density at radius 2 is 1.62 bits per heavy atom. The second-order valence-electron chi connectivity index (χ2n) is 9.29. The van der Waals surface area contributed by atoms with Crippen LogP contribution in [-0.2, 0) is 17.9 Å². The molecule has 2 aromatic heterocycles. The van der Waals surface area contributed by atoms with E-state index in [1.54, 1.807) is 0 Å². The zero-order valence-electron chi connectivity index (χ0n) is 20.5. The van der Waals surface area contributed by atoms with E-state index in [0.29, 0.717) is 31.7 Å². The number of carboxylic acids is 1. The van der Waals surface area contributed by atoms with Crippen LogP contribution in [0.4, 0.5) is 8.78 Å². The fourth-order valence-corrected chi connectivity index (χ4v) is 5.40. The molecule has 1 aliphatic carbocycles. The standard InChI is InChI=1S/C26H24Cl2F2N4O5/c27-20-9-31-10-21(28)24(20)23(36)12-33(11-14-5-16(29)7-17(30)6-14)25(37)19-8-32-34(22(19)13-35)18-3-1-15(2-4-18)26(38)39/h5-10,15,18,35H,1-4,11-13H2,(H,38,39)/t15-,18-. The van der Waals surface area contributed by atoms with Gasteiger partial charge in [0.1, 0.15) is 11.6 Å². The third-order valence-corrected chi connectivity index (χ3v) is 7.29. The van der Waals surface area contributed by atoms with Gasteiger partial charge in [-0.05, 0) is 43.4 Å². The average Bonchev–Trinajstić information content (AvgIpc) is 3.31. The van der Waals surface area contributed by atoms with Gasteiger partial charge in [0.25, 0.3) is 5.91 Å². The quantitative estimate of drug-likeness (QED) is 0.351. The first-order valence-corrected chi connectivity index (χ1v) is 12.8. The number of carbonyl (C=O) groups is 3. The van der Waals surface area contributed by atoms with Crippen molar-refractivity contribution in [1.82, 2.24) is 19.7 Å². The number of Topliss-reactive ketones (excluding diaryl/α,β-unsaturated/α-hetero) is 1. The van der Waals surface area contributed by atoms with Crippen molar-refractivity contribution < 1.29 is 33.4 Å². The summed E-state index contributed by atoms with van der Waals surface area (Å²) in [7, 11) is 0. The summed E-state index contributed by atoms with van der Waals surface area (Å²) in [5.74, 6) is -4.40. The van der Waals surface area contributed by atoms with Crippen LogP contribution in [0.5, 0.6) is 0 Å². The summed E-state index contributed by atoms with van der Waals surface area (Å²) in [6.07, 6.45) is 5.53. The molecule has 1 saturated carbocycles. The molecule has 0 radical (unpaired) electrons. The lowest BCUT2D eigenvalue weighted by atomic mass is 9.86. The number of aliphatic carboxylic acids is 1. The molecular formula is C26H24Cl2F2N4O5. The SMILES string of the molecule is O=C(CN(Cc1cc(F)cc(F)c1)C(=O)c1cnn([C@H]2CC[C@H](C(=O)O)CC2)c1CO)c1c(Cl)cncc1Cl. The molecule has 1 fully saturated rings. The number of pyridine rings is 1. The summed E-state index contributed by atoms with van der Waals surface area (Å²) in [4.78, 5) is 43.1. The van der Waals surface area contributed by atoms with Gasteiger partial charge < -0.3 is 15.1 Å². The number of hydrogen-bond acceptors (Lipinski definition) is 6. The Hall–Kier alpha value is -3.41. The van der Waals surface area contributed by atoms with E-state index in [1.807, 2.05) is 0 Å². The molecule has 13 heteroatoms. The van der Waals surface area contributed by atoms with Gasteiger partial charge in [0.15, 0.2) is 5.78 Å². The molecule has 9 nitrogen and oxygen atoms in total. The summed E-state index contributed by atoms with van der Waals surface area (Å²) in [6, 6.07) is 2.53. The minimum Gasteiger partial charge on any atom is -0.481 e. The molecule has 2 heterocycles. The Labute approximate surface area is 232 Å². The number of hydrogen-bond donors (Lipinski definition) is 2. The highest BCUT2D eigenvalue weighted by molar-refractivity contribution is 6.39. The number of halogens is 4. The maximum atomic E-state index is 13.9. The Balaban J connectivity index is 1.66. The van der Waals surface area contributed by atoms with Crippen molar-refractivity contribution in [2.24, 2.45) is 5.92 Å². The summed E-state index contributed by atoms with van der Waals surface area (Å²) in [5, 5.41) is 23.7. The number of rotatable bonds is 9. The van der Waals surface area contributed by atoms with E-state index in [9.17, 15) is 33.4 Å². The molecule has 1 amide bonds. The highest BCUT2D eigenvalue weighted by Gasteiger charge is 2.31. The normalized spacial score (nSPS) is 17.2. The third-order valence-electron chi connectivity index (χ3n) is 6.72. The molecule has 4 rings (SSSR count). The first-order valence-electron chi connectivity index (χ1n) is 12.1. The van der Waals surface area contributed by atoms with E-state index < -0.39 is 48.4 Å². The van der Waals surface area contributed by atoms with Crippen LogP contribution in [0.25, 0.3) is 0 Å². The van der Waals surface area contributed by atoms with Crippen LogP contribution in [-0.4, -0.2) is 54.1 Å². The average molecular weight is 581 g/mol. The molecule has 0 aliphatic heterocycles. The number of ketones is 1. The van der Waals surface area contributed by atoms with Gasteiger partial charge in [-0.3, -0.25) is 24.0 Å². The second-order valence-corrected chi connectivity index (χ2v) is 10.1. The van der Waals surface area contributed by atoms with E-state index in [0.717, 1.165) is 17.0 Å². The van der Waals surface area contributed by atoms with Gasteiger partial charge in [0.2, 0.25) is 0 Å². The van der Waals surface area contributed by atoms with Crippen molar-refractivity contribution in [1.29, 1.82) is 0 Å². The van der Waals surface area contributed by atoms with E-state index in [1.165, 1.54) is 23.3 Å². The lowest BCUT2D eigenvalue weighted by Gasteiger charge is -2.28. The minimum absolute atomic E-state index is 0.00513.